The maximum atomic E-state index is 10.8. The smallest absolute Gasteiger partial charge is 0.311 e. The predicted molar refractivity (Wildman–Crippen MR) is 44.7 cm³/mol. The van der Waals surface area contributed by atoms with Gasteiger partial charge in [0, 0.05) is 5.69 Å². The molecule has 0 fully saturated rings. The van der Waals surface area contributed by atoms with Gasteiger partial charge in [-0.05, 0) is 19.1 Å². The largest absolute Gasteiger partial charge is 0.469 e. The molecule has 0 aromatic carbocycles. The predicted octanol–water partition coefficient (Wildman–Crippen LogP) is 1.11. The lowest BCUT2D eigenvalue weighted by Gasteiger charge is -1.99. The van der Waals surface area contributed by atoms with Gasteiger partial charge in [-0.25, -0.2) is 0 Å². The maximum Gasteiger partial charge on any atom is 0.311 e. The van der Waals surface area contributed by atoms with Crippen molar-refractivity contribution in [1.29, 1.82) is 0 Å². The van der Waals surface area contributed by atoms with Gasteiger partial charge in [-0.3, -0.25) is 9.78 Å². The van der Waals surface area contributed by atoms with Gasteiger partial charge in [0.05, 0.1) is 19.2 Å². The van der Waals surface area contributed by atoms with Gasteiger partial charge in [0.1, 0.15) is 0 Å². The van der Waals surface area contributed by atoms with Crippen LogP contribution >= 0.6 is 0 Å². The second-order valence-corrected chi connectivity index (χ2v) is 2.52. The fourth-order valence-corrected chi connectivity index (χ4v) is 0.918. The lowest BCUT2D eigenvalue weighted by molar-refractivity contribution is -0.139. The number of pyridine rings is 1. The number of carbonyl (C=O) groups is 1. The molecule has 0 aliphatic heterocycles. The Labute approximate surface area is 71.4 Å². The Morgan fingerprint density at radius 2 is 2.33 bits per heavy atom. The van der Waals surface area contributed by atoms with E-state index in [1.54, 1.807) is 0 Å². The van der Waals surface area contributed by atoms with Gasteiger partial charge in [-0.1, -0.05) is 6.07 Å². The van der Waals surface area contributed by atoms with Crippen molar-refractivity contribution in [2.45, 2.75) is 13.3 Å². The zero-order valence-corrected chi connectivity index (χ0v) is 7.20. The van der Waals surface area contributed by atoms with Crippen molar-refractivity contribution in [3.05, 3.63) is 29.6 Å². The molecular formula is C9H11NO2. The van der Waals surface area contributed by atoms with Gasteiger partial charge in [-0.15, -0.1) is 0 Å². The zero-order chi connectivity index (χ0) is 8.97. The first-order valence-corrected chi connectivity index (χ1v) is 3.71. The van der Waals surface area contributed by atoms with Crippen molar-refractivity contribution in [1.82, 2.24) is 4.98 Å². The molecule has 0 spiro atoms. The normalized spacial score (nSPS) is 9.50. The van der Waals surface area contributed by atoms with Gasteiger partial charge in [0.2, 0.25) is 0 Å². The number of esters is 1. The van der Waals surface area contributed by atoms with Gasteiger partial charge >= 0.3 is 5.97 Å². The highest BCUT2D eigenvalue weighted by Gasteiger charge is 2.02. The van der Waals surface area contributed by atoms with Crippen LogP contribution in [0.25, 0.3) is 0 Å². The van der Waals surface area contributed by atoms with E-state index in [2.05, 4.69) is 9.72 Å². The van der Waals surface area contributed by atoms with Crippen LogP contribution in [-0.4, -0.2) is 18.1 Å². The molecule has 0 radical (unpaired) electrons. The molecule has 0 saturated heterocycles. The number of nitrogens with zero attached hydrogens (tertiary/aromatic N) is 1. The monoisotopic (exact) mass is 165 g/mol. The van der Waals surface area contributed by atoms with Crippen LogP contribution in [0.15, 0.2) is 18.2 Å². The molecule has 0 atom stereocenters. The van der Waals surface area contributed by atoms with E-state index in [9.17, 15) is 4.79 Å². The summed E-state index contributed by atoms with van der Waals surface area (Å²) in [4.78, 5) is 15.0. The Balaban J connectivity index is 2.69. The fraction of sp³-hybridized carbons (Fsp3) is 0.333. The Kier molecular flexibility index (Phi) is 2.80. The molecule has 0 aliphatic carbocycles. The minimum Gasteiger partial charge on any atom is -0.469 e. The number of methoxy groups -OCH3 is 1. The van der Waals surface area contributed by atoms with Crippen LogP contribution in [0.3, 0.4) is 0 Å². The van der Waals surface area contributed by atoms with Crippen LogP contribution < -0.4 is 0 Å². The van der Waals surface area contributed by atoms with Crippen molar-refractivity contribution in [3.63, 3.8) is 0 Å². The summed E-state index contributed by atoms with van der Waals surface area (Å²) >= 11 is 0. The quantitative estimate of drug-likeness (QED) is 0.616. The number of carbonyl (C=O) groups excluding carboxylic acids is 1. The summed E-state index contributed by atoms with van der Waals surface area (Å²) in [6.45, 7) is 1.89. The van der Waals surface area contributed by atoms with E-state index in [4.69, 9.17) is 0 Å². The molecule has 0 N–H and O–H groups in total. The summed E-state index contributed by atoms with van der Waals surface area (Å²) in [6.07, 6.45) is 0.248. The second kappa shape index (κ2) is 3.85. The van der Waals surface area contributed by atoms with Crippen LogP contribution in [-0.2, 0) is 16.0 Å². The maximum absolute atomic E-state index is 10.8. The Morgan fingerprint density at radius 3 is 2.92 bits per heavy atom. The minimum atomic E-state index is -0.256. The standard InChI is InChI=1S/C9H11NO2/c1-7-4-3-5-8(10-7)6-9(11)12-2/h3-5H,6H2,1-2H3. The summed E-state index contributed by atoms with van der Waals surface area (Å²) in [5, 5.41) is 0. The average molecular weight is 165 g/mol. The topological polar surface area (TPSA) is 39.2 Å². The molecular weight excluding hydrogens is 154 g/mol. The third-order valence-corrected chi connectivity index (χ3v) is 1.50. The molecule has 3 nitrogen and oxygen atoms in total. The van der Waals surface area contributed by atoms with Crippen LogP contribution in [0.4, 0.5) is 0 Å². The second-order valence-electron chi connectivity index (χ2n) is 2.52. The number of hydrogen-bond donors (Lipinski definition) is 0. The summed E-state index contributed by atoms with van der Waals surface area (Å²) in [5.41, 5.74) is 1.67. The number of hydrogen-bond acceptors (Lipinski definition) is 3. The van der Waals surface area contributed by atoms with Crippen LogP contribution in [0.5, 0.6) is 0 Å². The van der Waals surface area contributed by atoms with Crippen molar-refractivity contribution in [2.24, 2.45) is 0 Å². The fourth-order valence-electron chi connectivity index (χ4n) is 0.918. The van der Waals surface area contributed by atoms with Crippen molar-refractivity contribution in [3.8, 4) is 0 Å². The van der Waals surface area contributed by atoms with E-state index >= 15 is 0 Å². The molecule has 1 aromatic rings. The van der Waals surface area contributed by atoms with Gasteiger partial charge < -0.3 is 4.74 Å². The Morgan fingerprint density at radius 1 is 1.58 bits per heavy atom. The highest BCUT2D eigenvalue weighted by Crippen LogP contribution is 1.99. The Hall–Kier alpha value is -1.38. The summed E-state index contributed by atoms with van der Waals surface area (Å²) in [7, 11) is 1.37. The average Bonchev–Trinajstić information content (AvgIpc) is 2.04. The van der Waals surface area contributed by atoms with Crippen LogP contribution in [0.1, 0.15) is 11.4 Å². The molecule has 0 amide bonds. The number of rotatable bonds is 2. The molecule has 0 saturated carbocycles. The van der Waals surface area contributed by atoms with Gasteiger partial charge in [0.25, 0.3) is 0 Å². The summed E-state index contributed by atoms with van der Waals surface area (Å²) in [5.74, 6) is -0.256. The lowest BCUT2D eigenvalue weighted by atomic mass is 10.2. The minimum absolute atomic E-state index is 0.248. The van der Waals surface area contributed by atoms with E-state index in [0.29, 0.717) is 0 Å². The van der Waals surface area contributed by atoms with E-state index in [-0.39, 0.29) is 12.4 Å². The van der Waals surface area contributed by atoms with Crippen molar-refractivity contribution in [2.75, 3.05) is 7.11 Å². The summed E-state index contributed by atoms with van der Waals surface area (Å²) in [6, 6.07) is 5.57. The SMILES string of the molecule is COC(=O)Cc1cccc(C)n1. The first kappa shape index (κ1) is 8.71. The highest BCUT2D eigenvalue weighted by atomic mass is 16.5. The van der Waals surface area contributed by atoms with Gasteiger partial charge in [0.15, 0.2) is 0 Å². The first-order valence-electron chi connectivity index (χ1n) is 3.71. The van der Waals surface area contributed by atoms with E-state index in [1.807, 2.05) is 25.1 Å². The van der Waals surface area contributed by atoms with Gasteiger partial charge in [-0.2, -0.15) is 0 Å². The highest BCUT2D eigenvalue weighted by molar-refractivity contribution is 5.71. The molecule has 1 rings (SSSR count). The summed E-state index contributed by atoms with van der Waals surface area (Å²) < 4.78 is 4.52. The van der Waals surface area contributed by atoms with Crippen LogP contribution in [0, 0.1) is 6.92 Å². The molecule has 1 aromatic heterocycles. The van der Waals surface area contributed by atoms with Crippen molar-refractivity contribution < 1.29 is 9.53 Å². The molecule has 3 heteroatoms. The van der Waals surface area contributed by atoms with Crippen LogP contribution in [0.2, 0.25) is 0 Å². The Bertz CT molecular complexity index is 284. The zero-order valence-electron chi connectivity index (χ0n) is 7.20. The number of aryl methyl sites for hydroxylation is 1. The van der Waals surface area contributed by atoms with Crippen molar-refractivity contribution >= 4 is 5.97 Å². The lowest BCUT2D eigenvalue weighted by Crippen LogP contribution is -2.06. The molecule has 64 valence electrons. The third-order valence-electron chi connectivity index (χ3n) is 1.50. The molecule has 0 aliphatic rings. The van der Waals surface area contributed by atoms with E-state index < -0.39 is 0 Å². The van der Waals surface area contributed by atoms with E-state index in [1.165, 1.54) is 7.11 Å². The molecule has 0 unspecified atom stereocenters. The molecule has 0 bridgehead atoms. The molecule has 1 heterocycles. The number of aromatic nitrogens is 1. The first-order chi connectivity index (χ1) is 5.72. The molecule has 12 heavy (non-hydrogen) atoms. The number of ether oxygens (including phenoxy) is 1. The third kappa shape index (κ3) is 2.34. The van der Waals surface area contributed by atoms with E-state index in [0.717, 1.165) is 11.4 Å².